The lowest BCUT2D eigenvalue weighted by molar-refractivity contribution is 0.00445. The number of rotatable bonds is 4. The minimum Gasteiger partial charge on any atom is -0.396 e. The fourth-order valence-electron chi connectivity index (χ4n) is 3.71. The Morgan fingerprint density at radius 2 is 1.91 bits per heavy atom. The van der Waals surface area contributed by atoms with E-state index < -0.39 is 24.2 Å². The summed E-state index contributed by atoms with van der Waals surface area (Å²) in [5.41, 5.74) is 7.83. The van der Waals surface area contributed by atoms with Crippen molar-refractivity contribution in [1.29, 1.82) is 0 Å². The van der Waals surface area contributed by atoms with Gasteiger partial charge in [0.05, 0.1) is 22.8 Å². The van der Waals surface area contributed by atoms with Crippen LogP contribution in [0.1, 0.15) is 21.9 Å². The van der Waals surface area contributed by atoms with Gasteiger partial charge in [0.25, 0.3) is 0 Å². The summed E-state index contributed by atoms with van der Waals surface area (Å²) in [4.78, 5) is 13.6. The number of halogens is 1. The number of thiazole rings is 1. The molecule has 4 rings (SSSR count). The maximum absolute atomic E-state index is 10.3. The monoisotopic (exact) mass is 471 g/mol. The zero-order chi connectivity index (χ0) is 22.8. The molecule has 0 radical (unpaired) electrons. The first-order valence-electron chi connectivity index (χ1n) is 9.98. The van der Waals surface area contributed by atoms with Gasteiger partial charge in [-0.25, -0.2) is 4.98 Å². The lowest BCUT2D eigenvalue weighted by Gasteiger charge is -2.19. The SMILES string of the molecule is Cc1nc(-c2ccccc2)c(C#Cc2c(Cl)nc(N)nc2N[C@@H]2C[C@H](CO)[C@@H](O)[C@H]2O)s1. The van der Waals surface area contributed by atoms with E-state index in [-0.39, 0.29) is 23.5 Å². The van der Waals surface area contributed by atoms with E-state index in [4.69, 9.17) is 17.3 Å². The second-order valence-electron chi connectivity index (χ2n) is 7.53. The van der Waals surface area contributed by atoms with Crippen LogP contribution < -0.4 is 11.1 Å². The average molecular weight is 472 g/mol. The molecule has 2 heterocycles. The maximum Gasteiger partial charge on any atom is 0.223 e. The zero-order valence-corrected chi connectivity index (χ0v) is 18.7. The van der Waals surface area contributed by atoms with Crippen molar-refractivity contribution in [1.82, 2.24) is 15.0 Å². The number of nitrogen functional groups attached to an aromatic ring is 1. The van der Waals surface area contributed by atoms with Crippen LogP contribution in [0.3, 0.4) is 0 Å². The molecule has 1 aliphatic rings. The summed E-state index contributed by atoms with van der Waals surface area (Å²) in [6.07, 6.45) is -1.79. The molecule has 166 valence electrons. The number of aryl methyl sites for hydroxylation is 1. The minimum atomic E-state index is -1.09. The highest BCUT2D eigenvalue weighted by molar-refractivity contribution is 7.12. The van der Waals surface area contributed by atoms with E-state index in [0.717, 1.165) is 21.1 Å². The molecule has 8 nitrogen and oxygen atoms in total. The van der Waals surface area contributed by atoms with Gasteiger partial charge < -0.3 is 26.4 Å². The Balaban J connectivity index is 1.69. The van der Waals surface area contributed by atoms with Crippen LogP contribution in [0.15, 0.2) is 30.3 Å². The smallest absolute Gasteiger partial charge is 0.223 e. The Hall–Kier alpha value is -2.74. The summed E-state index contributed by atoms with van der Waals surface area (Å²) >= 11 is 7.80. The van der Waals surface area contributed by atoms with Gasteiger partial charge in [-0.1, -0.05) is 47.9 Å². The quantitative estimate of drug-likeness (QED) is 0.288. The molecular weight excluding hydrogens is 450 g/mol. The van der Waals surface area contributed by atoms with E-state index in [1.807, 2.05) is 37.3 Å². The molecule has 1 aromatic carbocycles. The van der Waals surface area contributed by atoms with E-state index in [1.54, 1.807) is 0 Å². The Morgan fingerprint density at radius 3 is 2.59 bits per heavy atom. The van der Waals surface area contributed by atoms with Crippen molar-refractivity contribution >= 4 is 34.7 Å². The molecule has 0 aliphatic heterocycles. The van der Waals surface area contributed by atoms with Crippen LogP contribution in [0.2, 0.25) is 5.15 Å². The van der Waals surface area contributed by atoms with Gasteiger partial charge in [0.1, 0.15) is 22.4 Å². The molecule has 32 heavy (non-hydrogen) atoms. The third-order valence-electron chi connectivity index (χ3n) is 5.32. The molecule has 0 amide bonds. The van der Waals surface area contributed by atoms with E-state index in [0.29, 0.717) is 12.0 Å². The van der Waals surface area contributed by atoms with E-state index in [2.05, 4.69) is 32.1 Å². The highest BCUT2D eigenvalue weighted by atomic mass is 35.5. The van der Waals surface area contributed by atoms with E-state index in [1.165, 1.54) is 11.3 Å². The Kier molecular flexibility index (Phi) is 6.60. The van der Waals surface area contributed by atoms with E-state index in [9.17, 15) is 15.3 Å². The summed E-state index contributed by atoms with van der Waals surface area (Å²) < 4.78 is 0. The minimum absolute atomic E-state index is 0.0478. The molecule has 0 saturated heterocycles. The van der Waals surface area contributed by atoms with Crippen molar-refractivity contribution in [2.75, 3.05) is 17.7 Å². The third-order valence-corrected chi connectivity index (χ3v) is 6.48. The lowest BCUT2D eigenvalue weighted by atomic mass is 10.1. The van der Waals surface area contributed by atoms with Crippen LogP contribution in [0, 0.1) is 24.7 Å². The normalized spacial score (nSPS) is 22.4. The number of nitrogens with two attached hydrogens (primary N) is 1. The fraction of sp³-hybridized carbons (Fsp3) is 0.318. The summed E-state index contributed by atoms with van der Waals surface area (Å²) in [5, 5.41) is 33.9. The van der Waals surface area contributed by atoms with Crippen molar-refractivity contribution < 1.29 is 15.3 Å². The standard InChI is InChI=1S/C22H22ClN5O3S/c1-11-25-17(12-5-3-2-4-6-12)16(32-11)8-7-14-20(23)27-22(24)28-21(14)26-15-9-13(10-29)18(30)19(15)31/h2-6,13,15,18-19,29-31H,9-10H2,1H3,(H3,24,26,27,28)/t13-,15-,18-,19+/m1/s1. The summed E-state index contributed by atoms with van der Waals surface area (Å²) in [6.45, 7) is 1.68. The molecule has 1 saturated carbocycles. The molecule has 10 heteroatoms. The molecule has 6 N–H and O–H groups in total. The summed E-state index contributed by atoms with van der Waals surface area (Å²) in [6, 6.07) is 9.20. The van der Waals surface area contributed by atoms with Crippen molar-refractivity contribution in [3.63, 3.8) is 0 Å². The molecule has 4 atom stereocenters. The van der Waals surface area contributed by atoms with Gasteiger partial charge in [-0.05, 0) is 19.3 Å². The first-order chi connectivity index (χ1) is 15.4. The maximum atomic E-state index is 10.3. The van der Waals surface area contributed by atoms with Crippen LogP contribution in [0.25, 0.3) is 11.3 Å². The summed E-state index contributed by atoms with van der Waals surface area (Å²) in [5.74, 6) is 5.91. The van der Waals surface area contributed by atoms with Gasteiger partial charge in [0.2, 0.25) is 5.95 Å². The number of anilines is 2. The van der Waals surface area contributed by atoms with Gasteiger partial charge in [0, 0.05) is 18.1 Å². The number of benzene rings is 1. The number of nitrogens with one attached hydrogen (secondary N) is 1. The molecule has 1 aliphatic carbocycles. The van der Waals surface area contributed by atoms with Crippen LogP contribution in [-0.2, 0) is 0 Å². The second-order valence-corrected chi connectivity index (χ2v) is 9.09. The van der Waals surface area contributed by atoms with Crippen LogP contribution in [0.5, 0.6) is 0 Å². The molecule has 1 fully saturated rings. The summed E-state index contributed by atoms with van der Waals surface area (Å²) in [7, 11) is 0. The largest absolute Gasteiger partial charge is 0.396 e. The van der Waals surface area contributed by atoms with Crippen LogP contribution >= 0.6 is 22.9 Å². The molecular formula is C22H22ClN5O3S. The second kappa shape index (κ2) is 9.40. The molecule has 0 spiro atoms. The fourth-order valence-corrected chi connectivity index (χ4v) is 4.73. The molecule has 0 unspecified atom stereocenters. The first kappa shape index (κ1) is 22.5. The topological polar surface area (TPSA) is 137 Å². The predicted octanol–water partition coefficient (Wildman–Crippen LogP) is 2.06. The number of aliphatic hydroxyl groups is 3. The van der Waals surface area contributed by atoms with Crippen LogP contribution in [0.4, 0.5) is 11.8 Å². The number of aliphatic hydroxyl groups excluding tert-OH is 3. The van der Waals surface area contributed by atoms with E-state index >= 15 is 0 Å². The predicted molar refractivity (Wildman–Crippen MR) is 124 cm³/mol. The Labute approximate surface area is 194 Å². The zero-order valence-electron chi connectivity index (χ0n) is 17.2. The third kappa shape index (κ3) is 4.55. The van der Waals surface area contributed by atoms with Crippen molar-refractivity contribution in [2.45, 2.75) is 31.6 Å². The molecule has 2 aromatic heterocycles. The van der Waals surface area contributed by atoms with Crippen molar-refractivity contribution in [3.8, 4) is 23.1 Å². The van der Waals surface area contributed by atoms with Gasteiger partial charge in [-0.3, -0.25) is 0 Å². The lowest BCUT2D eigenvalue weighted by Crippen LogP contribution is -2.35. The van der Waals surface area contributed by atoms with Gasteiger partial charge in [-0.2, -0.15) is 9.97 Å². The number of hydrogen-bond donors (Lipinski definition) is 5. The van der Waals surface area contributed by atoms with Gasteiger partial charge in [0.15, 0.2) is 5.15 Å². The number of aromatic nitrogens is 3. The van der Waals surface area contributed by atoms with Gasteiger partial charge in [-0.15, -0.1) is 11.3 Å². The molecule has 0 bridgehead atoms. The van der Waals surface area contributed by atoms with Gasteiger partial charge >= 0.3 is 0 Å². The average Bonchev–Trinajstić information content (AvgIpc) is 3.27. The highest BCUT2D eigenvalue weighted by Crippen LogP contribution is 2.31. The number of hydrogen-bond acceptors (Lipinski definition) is 9. The van der Waals surface area contributed by atoms with Crippen molar-refractivity contribution in [2.24, 2.45) is 5.92 Å². The van der Waals surface area contributed by atoms with Crippen LogP contribution in [-0.4, -0.2) is 55.1 Å². The Morgan fingerprint density at radius 1 is 1.16 bits per heavy atom. The Bertz CT molecular complexity index is 1180. The van der Waals surface area contributed by atoms with Crippen molar-refractivity contribution in [3.05, 3.63) is 50.9 Å². The first-order valence-corrected chi connectivity index (χ1v) is 11.2. The highest BCUT2D eigenvalue weighted by Gasteiger charge is 2.41. The molecule has 3 aromatic rings. The number of nitrogens with zero attached hydrogens (tertiary/aromatic N) is 3.